The van der Waals surface area contributed by atoms with Gasteiger partial charge in [-0.3, -0.25) is 9.79 Å². The zero-order valence-corrected chi connectivity index (χ0v) is 13.8. The Hall–Kier alpha value is -2.69. The fourth-order valence-electron chi connectivity index (χ4n) is 2.94. The average molecular weight is 325 g/mol. The molecule has 1 atom stereocenters. The van der Waals surface area contributed by atoms with Crippen molar-refractivity contribution < 1.29 is 9.18 Å². The van der Waals surface area contributed by atoms with E-state index in [1.807, 2.05) is 24.3 Å². The summed E-state index contributed by atoms with van der Waals surface area (Å²) in [6.45, 7) is 6.11. The van der Waals surface area contributed by atoms with Crippen LogP contribution in [-0.2, 0) is 4.79 Å². The van der Waals surface area contributed by atoms with Gasteiger partial charge in [0, 0.05) is 36.2 Å². The standard InChI is InChI=1S/C19H20FN3O/c1-3-23(4-2)14-10-8-13(9-11-14)21-12-15-18-16(20)6-5-7-17(18)22-19(15)24/h5-12,15H,3-4H2,1-2H3,(H,22,24). The molecule has 1 unspecified atom stereocenters. The summed E-state index contributed by atoms with van der Waals surface area (Å²) in [5.41, 5.74) is 2.76. The van der Waals surface area contributed by atoms with Crippen molar-refractivity contribution in [3.63, 3.8) is 0 Å². The van der Waals surface area contributed by atoms with Gasteiger partial charge in [-0.2, -0.15) is 0 Å². The molecule has 1 N–H and O–H groups in total. The molecule has 24 heavy (non-hydrogen) atoms. The highest BCUT2D eigenvalue weighted by atomic mass is 19.1. The van der Waals surface area contributed by atoms with Gasteiger partial charge in [0.2, 0.25) is 5.91 Å². The number of benzene rings is 2. The fourth-order valence-corrected chi connectivity index (χ4v) is 2.94. The summed E-state index contributed by atoms with van der Waals surface area (Å²) in [5, 5.41) is 2.69. The Kier molecular flexibility index (Phi) is 4.60. The predicted molar refractivity (Wildman–Crippen MR) is 95.9 cm³/mol. The predicted octanol–water partition coefficient (Wildman–Crippen LogP) is 4.11. The highest BCUT2D eigenvalue weighted by Crippen LogP contribution is 2.33. The minimum absolute atomic E-state index is 0.251. The molecule has 0 spiro atoms. The smallest absolute Gasteiger partial charge is 0.237 e. The Bertz CT molecular complexity index is 767. The number of fused-ring (bicyclic) bond motifs is 1. The van der Waals surface area contributed by atoms with Gasteiger partial charge in [0.25, 0.3) is 0 Å². The summed E-state index contributed by atoms with van der Waals surface area (Å²) in [7, 11) is 0. The molecule has 0 saturated heterocycles. The second-order valence-corrected chi connectivity index (χ2v) is 5.63. The third-order valence-corrected chi connectivity index (χ3v) is 4.26. The van der Waals surface area contributed by atoms with Crippen LogP contribution in [-0.4, -0.2) is 25.2 Å². The highest BCUT2D eigenvalue weighted by molar-refractivity contribution is 6.12. The van der Waals surface area contributed by atoms with E-state index in [0.29, 0.717) is 11.3 Å². The molecule has 1 amide bonds. The summed E-state index contributed by atoms with van der Waals surface area (Å²) >= 11 is 0. The van der Waals surface area contributed by atoms with E-state index in [9.17, 15) is 9.18 Å². The van der Waals surface area contributed by atoms with Crippen molar-refractivity contribution in [2.75, 3.05) is 23.3 Å². The van der Waals surface area contributed by atoms with Gasteiger partial charge in [-0.15, -0.1) is 0 Å². The molecule has 3 rings (SSSR count). The van der Waals surface area contributed by atoms with Crippen molar-refractivity contribution in [3.8, 4) is 0 Å². The molecule has 0 radical (unpaired) electrons. The van der Waals surface area contributed by atoms with Crippen molar-refractivity contribution in [1.82, 2.24) is 0 Å². The lowest BCUT2D eigenvalue weighted by molar-refractivity contribution is -0.115. The van der Waals surface area contributed by atoms with E-state index in [4.69, 9.17) is 0 Å². The van der Waals surface area contributed by atoms with Crippen molar-refractivity contribution in [2.45, 2.75) is 19.8 Å². The van der Waals surface area contributed by atoms with Crippen LogP contribution in [0.1, 0.15) is 25.3 Å². The molecule has 1 aliphatic heterocycles. The quantitative estimate of drug-likeness (QED) is 0.841. The molecule has 0 saturated carbocycles. The zero-order chi connectivity index (χ0) is 17.1. The number of aliphatic imine (C=N–C) groups is 1. The van der Waals surface area contributed by atoms with Gasteiger partial charge in [-0.25, -0.2) is 4.39 Å². The van der Waals surface area contributed by atoms with Crippen LogP contribution in [0.4, 0.5) is 21.5 Å². The maximum atomic E-state index is 14.0. The maximum Gasteiger partial charge on any atom is 0.237 e. The molecule has 0 bridgehead atoms. The normalized spacial score (nSPS) is 16.3. The van der Waals surface area contributed by atoms with Crippen LogP contribution >= 0.6 is 0 Å². The maximum absolute atomic E-state index is 14.0. The first-order valence-corrected chi connectivity index (χ1v) is 8.12. The number of halogens is 1. The summed E-state index contributed by atoms with van der Waals surface area (Å²) in [5.74, 6) is -1.33. The van der Waals surface area contributed by atoms with Crippen molar-refractivity contribution in [1.29, 1.82) is 0 Å². The lowest BCUT2D eigenvalue weighted by Gasteiger charge is -2.20. The van der Waals surface area contributed by atoms with Gasteiger partial charge in [0.1, 0.15) is 11.7 Å². The number of rotatable bonds is 5. The Balaban J connectivity index is 1.81. The first-order chi connectivity index (χ1) is 11.6. The molecule has 4 nitrogen and oxygen atoms in total. The van der Waals surface area contributed by atoms with E-state index in [0.717, 1.165) is 24.5 Å². The van der Waals surface area contributed by atoms with Gasteiger partial charge < -0.3 is 10.2 Å². The molecule has 0 aliphatic carbocycles. The molecule has 0 fully saturated rings. The molecule has 1 heterocycles. The van der Waals surface area contributed by atoms with Crippen LogP contribution in [0.2, 0.25) is 0 Å². The van der Waals surface area contributed by atoms with Gasteiger partial charge >= 0.3 is 0 Å². The Labute approximate surface area is 141 Å². The van der Waals surface area contributed by atoms with Gasteiger partial charge in [0.05, 0.1) is 5.69 Å². The van der Waals surface area contributed by atoms with Crippen LogP contribution in [0.15, 0.2) is 47.5 Å². The SMILES string of the molecule is CCN(CC)c1ccc(N=CC2C(=O)Nc3cccc(F)c32)cc1. The van der Waals surface area contributed by atoms with Crippen LogP contribution < -0.4 is 10.2 Å². The molecular formula is C19H20FN3O. The second kappa shape index (κ2) is 6.83. The van der Waals surface area contributed by atoms with Crippen molar-refractivity contribution in [2.24, 2.45) is 4.99 Å². The van der Waals surface area contributed by atoms with Crippen molar-refractivity contribution >= 4 is 29.2 Å². The molecule has 1 aliphatic rings. The number of anilines is 2. The van der Waals surface area contributed by atoms with E-state index >= 15 is 0 Å². The molecule has 124 valence electrons. The zero-order valence-electron chi connectivity index (χ0n) is 13.8. The van der Waals surface area contributed by atoms with Gasteiger partial charge in [0.15, 0.2) is 0 Å². The number of carbonyl (C=O) groups is 1. The second-order valence-electron chi connectivity index (χ2n) is 5.63. The third kappa shape index (κ3) is 3.02. The van der Waals surface area contributed by atoms with Gasteiger partial charge in [-0.05, 0) is 50.2 Å². The number of hydrogen-bond acceptors (Lipinski definition) is 3. The Morgan fingerprint density at radius 1 is 1.17 bits per heavy atom. The lowest BCUT2D eigenvalue weighted by Crippen LogP contribution is -2.21. The number of amides is 1. The van der Waals surface area contributed by atoms with Crippen LogP contribution in [0, 0.1) is 5.82 Å². The summed E-state index contributed by atoms with van der Waals surface area (Å²) in [4.78, 5) is 18.6. The average Bonchev–Trinajstić information content (AvgIpc) is 2.92. The minimum Gasteiger partial charge on any atom is -0.372 e. The van der Waals surface area contributed by atoms with Crippen molar-refractivity contribution in [3.05, 3.63) is 53.8 Å². The molecule has 2 aromatic carbocycles. The highest BCUT2D eigenvalue weighted by Gasteiger charge is 2.31. The van der Waals surface area contributed by atoms with Crippen LogP contribution in [0.3, 0.4) is 0 Å². The molecule has 5 heteroatoms. The van der Waals surface area contributed by atoms with Crippen LogP contribution in [0.25, 0.3) is 0 Å². The summed E-state index contributed by atoms with van der Waals surface area (Å²) in [6, 6.07) is 12.5. The van der Waals surface area contributed by atoms with E-state index in [1.165, 1.54) is 12.3 Å². The monoisotopic (exact) mass is 325 g/mol. The number of hydrogen-bond donors (Lipinski definition) is 1. The topological polar surface area (TPSA) is 44.7 Å². The van der Waals surface area contributed by atoms with E-state index < -0.39 is 5.92 Å². The first-order valence-electron chi connectivity index (χ1n) is 8.12. The molecule has 0 aromatic heterocycles. The molecule has 2 aromatic rings. The van der Waals surface area contributed by atoms with E-state index in [-0.39, 0.29) is 11.7 Å². The van der Waals surface area contributed by atoms with E-state index in [1.54, 1.807) is 12.1 Å². The minimum atomic E-state index is -0.691. The largest absolute Gasteiger partial charge is 0.372 e. The van der Waals surface area contributed by atoms with E-state index in [2.05, 4.69) is 29.1 Å². The Morgan fingerprint density at radius 2 is 1.88 bits per heavy atom. The summed E-state index contributed by atoms with van der Waals surface area (Å²) < 4.78 is 14.0. The van der Waals surface area contributed by atoms with Crippen LogP contribution in [0.5, 0.6) is 0 Å². The first kappa shape index (κ1) is 16.2. The van der Waals surface area contributed by atoms with Gasteiger partial charge in [-0.1, -0.05) is 6.07 Å². The number of carbonyl (C=O) groups excluding carboxylic acids is 1. The molecular weight excluding hydrogens is 305 g/mol. The summed E-state index contributed by atoms with van der Waals surface area (Å²) in [6.07, 6.45) is 1.51. The fraction of sp³-hybridized carbons (Fsp3) is 0.263. The number of nitrogens with zero attached hydrogens (tertiary/aromatic N) is 2. The Morgan fingerprint density at radius 3 is 2.54 bits per heavy atom. The number of nitrogens with one attached hydrogen (secondary N) is 1. The third-order valence-electron chi connectivity index (χ3n) is 4.26. The lowest BCUT2D eigenvalue weighted by atomic mass is 10.0.